The maximum absolute atomic E-state index is 13.1. The Morgan fingerprint density at radius 1 is 0.971 bits per heavy atom. The molecule has 0 aliphatic carbocycles. The van der Waals surface area contributed by atoms with Gasteiger partial charge in [0, 0.05) is 23.6 Å². The molecule has 8 nitrogen and oxygen atoms in total. The van der Waals surface area contributed by atoms with Gasteiger partial charge in [0.25, 0.3) is 5.91 Å². The third-order valence-electron chi connectivity index (χ3n) is 5.25. The number of nitrogens with zero attached hydrogens (tertiary/aromatic N) is 2. The van der Waals surface area contributed by atoms with Gasteiger partial charge in [-0.2, -0.15) is 5.10 Å². The normalized spacial score (nSPS) is 13.3. The summed E-state index contributed by atoms with van der Waals surface area (Å²) in [7, 11) is 1.61. The smallest absolute Gasteiger partial charge is 0.273 e. The molecule has 0 radical (unpaired) electrons. The van der Waals surface area contributed by atoms with Gasteiger partial charge >= 0.3 is 0 Å². The molecule has 0 fully saturated rings. The van der Waals surface area contributed by atoms with Crippen LogP contribution in [0.15, 0.2) is 47.6 Å². The number of hydrogen-bond donors (Lipinski definition) is 0. The molecule has 190 valence electrons. The van der Waals surface area contributed by atoms with E-state index in [0.717, 1.165) is 24.1 Å². The van der Waals surface area contributed by atoms with Gasteiger partial charge in [-0.15, -0.1) is 11.6 Å². The lowest BCUT2D eigenvalue weighted by Crippen LogP contribution is -2.32. The van der Waals surface area contributed by atoms with Crippen molar-refractivity contribution in [3.05, 3.63) is 53.6 Å². The zero-order valence-corrected chi connectivity index (χ0v) is 21.1. The summed E-state index contributed by atoms with van der Waals surface area (Å²) >= 11 is 5.54. The summed E-state index contributed by atoms with van der Waals surface area (Å²) in [6.45, 7) is 5.42. The zero-order valence-electron chi connectivity index (χ0n) is 20.3. The van der Waals surface area contributed by atoms with Crippen molar-refractivity contribution in [1.82, 2.24) is 5.01 Å². The number of halogens is 1. The number of benzene rings is 2. The van der Waals surface area contributed by atoms with E-state index in [9.17, 15) is 4.79 Å². The van der Waals surface area contributed by atoms with E-state index in [-0.39, 0.29) is 5.91 Å². The standard InChI is InChI=1S/C26H33ClN2O6/c1-3-34-25-19-21(8-11-24(25)31-2)23-5-4-13-29(28-23)26(30)20-6-9-22(10-7-20)35-18-17-33-16-15-32-14-12-27/h6-11,19H,3-5,12-18H2,1-2H3. The van der Waals surface area contributed by atoms with Gasteiger partial charge in [0.05, 0.1) is 45.9 Å². The zero-order chi connectivity index (χ0) is 24.9. The second-order valence-electron chi connectivity index (χ2n) is 7.66. The second-order valence-corrected chi connectivity index (χ2v) is 8.04. The number of methoxy groups -OCH3 is 1. The number of rotatable bonds is 14. The van der Waals surface area contributed by atoms with Crippen molar-refractivity contribution in [2.24, 2.45) is 5.10 Å². The number of ether oxygens (including phenoxy) is 5. The van der Waals surface area contributed by atoms with Crippen molar-refractivity contribution >= 4 is 23.2 Å². The van der Waals surface area contributed by atoms with Crippen LogP contribution in [0.3, 0.4) is 0 Å². The molecule has 1 amide bonds. The highest BCUT2D eigenvalue weighted by Crippen LogP contribution is 2.29. The first-order chi connectivity index (χ1) is 17.2. The summed E-state index contributed by atoms with van der Waals surface area (Å²) in [5.41, 5.74) is 2.32. The molecule has 0 bridgehead atoms. The predicted octanol–water partition coefficient (Wildman–Crippen LogP) is 4.39. The molecular weight excluding hydrogens is 472 g/mol. The van der Waals surface area contributed by atoms with Gasteiger partial charge in [-0.05, 0) is 62.2 Å². The lowest BCUT2D eigenvalue weighted by Gasteiger charge is -2.24. The summed E-state index contributed by atoms with van der Waals surface area (Å²) in [4.78, 5) is 13.1. The SMILES string of the molecule is CCOc1cc(C2=NN(C(=O)c3ccc(OCCOCCOCCCl)cc3)CCC2)ccc1OC. The van der Waals surface area contributed by atoms with E-state index in [0.29, 0.717) is 74.9 Å². The van der Waals surface area contributed by atoms with E-state index in [4.69, 9.17) is 35.3 Å². The van der Waals surface area contributed by atoms with Crippen molar-refractivity contribution in [1.29, 1.82) is 0 Å². The van der Waals surface area contributed by atoms with Crippen molar-refractivity contribution in [2.75, 3.05) is 59.2 Å². The molecule has 0 N–H and O–H groups in total. The van der Waals surface area contributed by atoms with Gasteiger partial charge in [-0.3, -0.25) is 4.79 Å². The van der Waals surface area contributed by atoms with E-state index in [1.807, 2.05) is 25.1 Å². The minimum Gasteiger partial charge on any atom is -0.493 e. The van der Waals surface area contributed by atoms with Crippen molar-refractivity contribution in [3.63, 3.8) is 0 Å². The van der Waals surface area contributed by atoms with Crippen LogP contribution in [-0.2, 0) is 9.47 Å². The van der Waals surface area contributed by atoms with Crippen molar-refractivity contribution < 1.29 is 28.5 Å². The fourth-order valence-electron chi connectivity index (χ4n) is 3.55. The molecule has 1 aliphatic rings. The third kappa shape index (κ3) is 8.13. The highest BCUT2D eigenvalue weighted by atomic mass is 35.5. The number of amides is 1. The fourth-order valence-corrected chi connectivity index (χ4v) is 3.66. The highest BCUT2D eigenvalue weighted by molar-refractivity contribution is 6.17. The average Bonchev–Trinajstić information content (AvgIpc) is 2.90. The van der Waals surface area contributed by atoms with Gasteiger partial charge in [-0.25, -0.2) is 5.01 Å². The Hall–Kier alpha value is -2.81. The van der Waals surface area contributed by atoms with Gasteiger partial charge < -0.3 is 23.7 Å². The lowest BCUT2D eigenvalue weighted by molar-refractivity contribution is 0.0410. The largest absolute Gasteiger partial charge is 0.493 e. The minimum atomic E-state index is -0.146. The summed E-state index contributed by atoms with van der Waals surface area (Å²) in [5.74, 6) is 2.34. The van der Waals surface area contributed by atoms with Crippen molar-refractivity contribution in [3.8, 4) is 17.2 Å². The van der Waals surface area contributed by atoms with Crippen LogP contribution in [0.25, 0.3) is 0 Å². The van der Waals surface area contributed by atoms with Crippen LogP contribution in [0.5, 0.6) is 17.2 Å². The number of carbonyl (C=O) groups excluding carboxylic acids is 1. The summed E-state index contributed by atoms with van der Waals surface area (Å²) in [6.07, 6.45) is 1.62. The van der Waals surface area contributed by atoms with Gasteiger partial charge in [0.2, 0.25) is 0 Å². The molecule has 2 aromatic carbocycles. The number of alkyl halides is 1. The molecule has 1 aliphatic heterocycles. The van der Waals surface area contributed by atoms with Gasteiger partial charge in [-0.1, -0.05) is 0 Å². The quantitative estimate of drug-likeness (QED) is 0.280. The molecule has 0 saturated carbocycles. The first-order valence-corrected chi connectivity index (χ1v) is 12.3. The molecule has 3 rings (SSSR count). The Labute approximate surface area is 211 Å². The molecule has 0 saturated heterocycles. The van der Waals surface area contributed by atoms with Crippen LogP contribution in [0.1, 0.15) is 35.7 Å². The highest BCUT2D eigenvalue weighted by Gasteiger charge is 2.21. The Balaban J connectivity index is 1.55. The van der Waals surface area contributed by atoms with Gasteiger partial charge in [0.1, 0.15) is 12.4 Å². The summed E-state index contributed by atoms with van der Waals surface area (Å²) < 4.78 is 27.4. The maximum Gasteiger partial charge on any atom is 0.273 e. The van der Waals surface area contributed by atoms with E-state index in [1.165, 1.54) is 5.01 Å². The molecule has 0 aromatic heterocycles. The molecular formula is C26H33ClN2O6. The first kappa shape index (κ1) is 26.8. The second kappa shape index (κ2) is 14.6. The number of carbonyl (C=O) groups is 1. The van der Waals surface area contributed by atoms with Crippen LogP contribution >= 0.6 is 11.6 Å². The summed E-state index contributed by atoms with van der Waals surface area (Å²) in [6, 6.07) is 12.8. The van der Waals surface area contributed by atoms with E-state index in [1.54, 1.807) is 31.4 Å². The first-order valence-electron chi connectivity index (χ1n) is 11.8. The van der Waals surface area contributed by atoms with Gasteiger partial charge in [0.15, 0.2) is 11.5 Å². The van der Waals surface area contributed by atoms with E-state index >= 15 is 0 Å². The Morgan fingerprint density at radius 2 is 1.71 bits per heavy atom. The third-order valence-corrected chi connectivity index (χ3v) is 5.40. The average molecular weight is 505 g/mol. The van der Waals surface area contributed by atoms with Crippen LogP contribution < -0.4 is 14.2 Å². The van der Waals surface area contributed by atoms with Crippen LogP contribution in [0, 0.1) is 0 Å². The monoisotopic (exact) mass is 504 g/mol. The van der Waals surface area contributed by atoms with Crippen LogP contribution in [-0.4, -0.2) is 75.8 Å². The van der Waals surface area contributed by atoms with Crippen molar-refractivity contribution in [2.45, 2.75) is 19.8 Å². The van der Waals surface area contributed by atoms with E-state index in [2.05, 4.69) is 5.10 Å². The molecule has 0 unspecified atom stereocenters. The fraction of sp³-hybridized carbons (Fsp3) is 0.462. The molecule has 35 heavy (non-hydrogen) atoms. The number of hydrogen-bond acceptors (Lipinski definition) is 7. The Kier molecular flexibility index (Phi) is 11.1. The molecule has 0 spiro atoms. The lowest BCUT2D eigenvalue weighted by atomic mass is 10.0. The molecule has 0 atom stereocenters. The van der Waals surface area contributed by atoms with Crippen LogP contribution in [0.2, 0.25) is 0 Å². The van der Waals surface area contributed by atoms with Crippen LogP contribution in [0.4, 0.5) is 0 Å². The molecule has 9 heteroatoms. The Bertz CT molecular complexity index is 967. The minimum absolute atomic E-state index is 0.146. The summed E-state index contributed by atoms with van der Waals surface area (Å²) in [5, 5.41) is 6.17. The topological polar surface area (TPSA) is 78.8 Å². The maximum atomic E-state index is 13.1. The Morgan fingerprint density at radius 3 is 2.43 bits per heavy atom. The molecule has 2 aromatic rings. The van der Waals surface area contributed by atoms with E-state index < -0.39 is 0 Å². The molecule has 1 heterocycles. The number of hydrazone groups is 1. The predicted molar refractivity (Wildman–Crippen MR) is 135 cm³/mol.